The van der Waals surface area contributed by atoms with Crippen LogP contribution in [0.4, 0.5) is 10.5 Å². The molecule has 1 aromatic carbocycles. The van der Waals surface area contributed by atoms with Crippen LogP contribution in [0, 0.1) is 0 Å². The lowest BCUT2D eigenvalue weighted by Crippen LogP contribution is -2.36. The highest BCUT2D eigenvalue weighted by Gasteiger charge is 2.18. The number of hydrogen-bond donors (Lipinski definition) is 3. The van der Waals surface area contributed by atoms with Crippen molar-refractivity contribution in [2.45, 2.75) is 39.2 Å². The SMILES string of the molecule is CC(=O)Nc1cccc(C(CN)CNC(=O)OC(C)(C)C)c1. The van der Waals surface area contributed by atoms with Crippen LogP contribution in [0.2, 0.25) is 0 Å². The molecule has 0 fully saturated rings. The van der Waals surface area contributed by atoms with Gasteiger partial charge >= 0.3 is 6.09 Å². The molecular weight excluding hydrogens is 282 g/mol. The lowest BCUT2D eigenvalue weighted by atomic mass is 9.98. The maximum absolute atomic E-state index is 11.7. The van der Waals surface area contributed by atoms with Crippen LogP contribution in [0.5, 0.6) is 0 Å². The molecular formula is C16H25N3O3. The summed E-state index contributed by atoms with van der Waals surface area (Å²) in [5, 5.41) is 5.45. The lowest BCUT2D eigenvalue weighted by Gasteiger charge is -2.22. The summed E-state index contributed by atoms with van der Waals surface area (Å²) in [4.78, 5) is 22.8. The molecule has 122 valence electrons. The number of carbonyl (C=O) groups is 2. The van der Waals surface area contributed by atoms with Gasteiger partial charge < -0.3 is 21.1 Å². The van der Waals surface area contributed by atoms with Crippen LogP contribution in [0.15, 0.2) is 24.3 Å². The van der Waals surface area contributed by atoms with Gasteiger partial charge in [0, 0.05) is 31.6 Å². The van der Waals surface area contributed by atoms with Gasteiger partial charge in [0.15, 0.2) is 0 Å². The Balaban J connectivity index is 2.68. The van der Waals surface area contributed by atoms with Gasteiger partial charge in [0.2, 0.25) is 5.91 Å². The minimum atomic E-state index is -0.534. The predicted octanol–water partition coefficient (Wildman–Crippen LogP) is 2.21. The molecule has 6 nitrogen and oxygen atoms in total. The molecule has 2 amide bonds. The average molecular weight is 307 g/mol. The molecule has 0 spiro atoms. The molecule has 0 heterocycles. The summed E-state index contributed by atoms with van der Waals surface area (Å²) in [6.07, 6.45) is -0.469. The first-order valence-corrected chi connectivity index (χ1v) is 7.25. The van der Waals surface area contributed by atoms with E-state index in [4.69, 9.17) is 10.5 Å². The molecule has 0 aliphatic rings. The Bertz CT molecular complexity index is 524. The van der Waals surface area contributed by atoms with Crippen molar-refractivity contribution in [1.29, 1.82) is 0 Å². The standard InChI is InChI=1S/C16H25N3O3/c1-11(20)19-14-7-5-6-12(8-14)13(9-17)10-18-15(21)22-16(2,3)4/h5-8,13H,9-10,17H2,1-4H3,(H,18,21)(H,19,20). The number of alkyl carbamates (subject to hydrolysis) is 1. The molecule has 22 heavy (non-hydrogen) atoms. The van der Waals surface area contributed by atoms with Crippen molar-refractivity contribution < 1.29 is 14.3 Å². The number of ether oxygens (including phenoxy) is 1. The Morgan fingerprint density at radius 2 is 2.00 bits per heavy atom. The summed E-state index contributed by atoms with van der Waals surface area (Å²) in [6, 6.07) is 7.42. The third-order valence-electron chi connectivity index (χ3n) is 2.85. The van der Waals surface area contributed by atoms with Crippen LogP contribution in [0.3, 0.4) is 0 Å². The third-order valence-corrected chi connectivity index (χ3v) is 2.85. The highest BCUT2D eigenvalue weighted by atomic mass is 16.6. The van der Waals surface area contributed by atoms with Gasteiger partial charge in [0.1, 0.15) is 5.60 Å². The zero-order valence-corrected chi connectivity index (χ0v) is 13.6. The fraction of sp³-hybridized carbons (Fsp3) is 0.500. The van der Waals surface area contributed by atoms with Crippen molar-refractivity contribution in [3.8, 4) is 0 Å². The Morgan fingerprint density at radius 1 is 1.32 bits per heavy atom. The molecule has 0 aliphatic carbocycles. The molecule has 1 unspecified atom stereocenters. The van der Waals surface area contributed by atoms with Crippen LogP contribution in [-0.4, -0.2) is 30.7 Å². The maximum atomic E-state index is 11.7. The van der Waals surface area contributed by atoms with Crippen molar-refractivity contribution in [3.05, 3.63) is 29.8 Å². The molecule has 0 saturated heterocycles. The summed E-state index contributed by atoms with van der Waals surface area (Å²) in [6.45, 7) is 7.63. The second-order valence-corrected chi connectivity index (χ2v) is 6.12. The first-order valence-electron chi connectivity index (χ1n) is 7.25. The largest absolute Gasteiger partial charge is 0.444 e. The zero-order chi connectivity index (χ0) is 16.8. The molecule has 6 heteroatoms. The Morgan fingerprint density at radius 3 is 2.55 bits per heavy atom. The van der Waals surface area contributed by atoms with Crippen molar-refractivity contribution >= 4 is 17.7 Å². The van der Waals surface area contributed by atoms with Gasteiger partial charge in [-0.15, -0.1) is 0 Å². The molecule has 0 aliphatic heterocycles. The molecule has 0 radical (unpaired) electrons. The van der Waals surface area contributed by atoms with Gasteiger partial charge in [-0.25, -0.2) is 4.79 Å². The topological polar surface area (TPSA) is 93.5 Å². The monoisotopic (exact) mass is 307 g/mol. The summed E-state index contributed by atoms with van der Waals surface area (Å²) >= 11 is 0. The van der Waals surface area contributed by atoms with Crippen LogP contribution in [0.25, 0.3) is 0 Å². The molecule has 1 atom stereocenters. The van der Waals surface area contributed by atoms with E-state index in [9.17, 15) is 9.59 Å². The number of amides is 2. The summed E-state index contributed by atoms with van der Waals surface area (Å²) in [5.74, 6) is -0.186. The van der Waals surface area contributed by atoms with Crippen molar-refractivity contribution in [1.82, 2.24) is 5.32 Å². The number of nitrogens with two attached hydrogens (primary N) is 1. The first kappa shape index (κ1) is 18.0. The van der Waals surface area contributed by atoms with Gasteiger partial charge in [-0.05, 0) is 38.5 Å². The van der Waals surface area contributed by atoms with Crippen molar-refractivity contribution in [2.75, 3.05) is 18.4 Å². The summed E-state index contributed by atoms with van der Waals surface area (Å²) < 4.78 is 5.20. The van der Waals surface area contributed by atoms with Gasteiger partial charge in [-0.3, -0.25) is 4.79 Å². The fourth-order valence-electron chi connectivity index (χ4n) is 1.93. The number of nitrogens with one attached hydrogen (secondary N) is 2. The fourth-order valence-corrected chi connectivity index (χ4v) is 1.93. The average Bonchev–Trinajstić information content (AvgIpc) is 2.37. The number of carbonyl (C=O) groups excluding carboxylic acids is 2. The maximum Gasteiger partial charge on any atom is 0.407 e. The van der Waals surface area contributed by atoms with Gasteiger partial charge in [0.05, 0.1) is 0 Å². The summed E-state index contributed by atoms with van der Waals surface area (Å²) in [5.41, 5.74) is 6.91. The number of rotatable bonds is 5. The van der Waals surface area contributed by atoms with E-state index in [1.54, 1.807) is 6.07 Å². The van der Waals surface area contributed by atoms with Crippen LogP contribution in [-0.2, 0) is 9.53 Å². The number of anilines is 1. The summed E-state index contributed by atoms with van der Waals surface area (Å²) in [7, 11) is 0. The number of benzene rings is 1. The van der Waals surface area contributed by atoms with E-state index in [1.165, 1.54) is 6.92 Å². The van der Waals surface area contributed by atoms with Crippen LogP contribution >= 0.6 is 0 Å². The third kappa shape index (κ3) is 6.58. The molecule has 0 saturated carbocycles. The van der Waals surface area contributed by atoms with E-state index in [1.807, 2.05) is 39.0 Å². The van der Waals surface area contributed by atoms with Crippen molar-refractivity contribution in [2.24, 2.45) is 5.73 Å². The first-order chi connectivity index (χ1) is 10.2. The predicted molar refractivity (Wildman–Crippen MR) is 86.8 cm³/mol. The highest BCUT2D eigenvalue weighted by molar-refractivity contribution is 5.88. The molecule has 1 aromatic rings. The van der Waals surface area contributed by atoms with E-state index in [-0.39, 0.29) is 11.8 Å². The number of hydrogen-bond acceptors (Lipinski definition) is 4. The Kier molecular flexibility index (Phi) is 6.37. The second-order valence-electron chi connectivity index (χ2n) is 6.12. The second kappa shape index (κ2) is 7.79. The molecule has 1 rings (SSSR count). The molecule has 4 N–H and O–H groups in total. The molecule has 0 aromatic heterocycles. The van der Waals surface area contributed by atoms with E-state index < -0.39 is 11.7 Å². The quantitative estimate of drug-likeness (QED) is 0.777. The van der Waals surface area contributed by atoms with E-state index in [0.29, 0.717) is 18.8 Å². The lowest BCUT2D eigenvalue weighted by molar-refractivity contribution is -0.114. The minimum Gasteiger partial charge on any atom is -0.444 e. The normalized spacial score (nSPS) is 12.4. The minimum absolute atomic E-state index is 0.0544. The Hall–Kier alpha value is -2.08. The van der Waals surface area contributed by atoms with Crippen molar-refractivity contribution in [3.63, 3.8) is 0 Å². The van der Waals surface area contributed by atoms with E-state index in [0.717, 1.165) is 5.56 Å². The van der Waals surface area contributed by atoms with Gasteiger partial charge in [0.25, 0.3) is 0 Å². The van der Waals surface area contributed by atoms with E-state index >= 15 is 0 Å². The molecule has 0 bridgehead atoms. The van der Waals surface area contributed by atoms with Gasteiger partial charge in [-0.1, -0.05) is 12.1 Å². The Labute approximate surface area is 131 Å². The van der Waals surface area contributed by atoms with Crippen LogP contribution < -0.4 is 16.4 Å². The van der Waals surface area contributed by atoms with Crippen LogP contribution in [0.1, 0.15) is 39.2 Å². The smallest absolute Gasteiger partial charge is 0.407 e. The van der Waals surface area contributed by atoms with E-state index in [2.05, 4.69) is 10.6 Å². The van der Waals surface area contributed by atoms with Gasteiger partial charge in [-0.2, -0.15) is 0 Å². The highest BCUT2D eigenvalue weighted by Crippen LogP contribution is 2.19. The zero-order valence-electron chi connectivity index (χ0n) is 13.6.